The maximum absolute atomic E-state index is 13.0. The Bertz CT molecular complexity index is 294. The van der Waals surface area contributed by atoms with Crippen molar-refractivity contribution in [3.63, 3.8) is 0 Å². The summed E-state index contributed by atoms with van der Waals surface area (Å²) < 4.78 is 25.5. The fourth-order valence-electron chi connectivity index (χ4n) is 1.06. The monoisotopic (exact) mass is 188 g/mol. The Hall–Kier alpha value is -1.20. The molecule has 0 aliphatic carbocycles. The lowest BCUT2D eigenvalue weighted by molar-refractivity contribution is 0.441. The van der Waals surface area contributed by atoms with E-state index < -0.39 is 23.4 Å². The van der Waals surface area contributed by atoms with Crippen molar-refractivity contribution in [1.82, 2.24) is 0 Å². The average molecular weight is 188 g/mol. The Balaban J connectivity index is 3.20. The predicted octanol–water partition coefficient (Wildman–Crippen LogP) is 0.629. The quantitative estimate of drug-likeness (QED) is 0.637. The van der Waals surface area contributed by atoms with Gasteiger partial charge in [0.05, 0.1) is 0 Å². The maximum Gasteiger partial charge on any atom is 0.134 e. The minimum atomic E-state index is -0.879. The highest BCUT2D eigenvalue weighted by Crippen LogP contribution is 2.26. The van der Waals surface area contributed by atoms with Crippen LogP contribution in [-0.4, -0.2) is 11.7 Å². The molecule has 5 N–H and O–H groups in total. The van der Waals surface area contributed by atoms with E-state index in [-0.39, 0.29) is 12.1 Å². The third-order valence-corrected chi connectivity index (χ3v) is 1.70. The summed E-state index contributed by atoms with van der Waals surface area (Å²) in [7, 11) is 0. The van der Waals surface area contributed by atoms with E-state index in [1.54, 1.807) is 0 Å². The van der Waals surface area contributed by atoms with Gasteiger partial charge in [0, 0.05) is 30.3 Å². The first-order chi connectivity index (χ1) is 6.06. The molecule has 0 saturated heterocycles. The summed E-state index contributed by atoms with van der Waals surface area (Å²) in [5, 5.41) is 9.16. The molecule has 0 aromatic heterocycles. The van der Waals surface area contributed by atoms with Crippen LogP contribution in [0.2, 0.25) is 0 Å². The summed E-state index contributed by atoms with van der Waals surface area (Å²) in [5.41, 5.74) is 10.4. The first-order valence-corrected chi connectivity index (χ1v) is 3.69. The van der Waals surface area contributed by atoms with E-state index in [9.17, 15) is 8.78 Å². The van der Waals surface area contributed by atoms with Gasteiger partial charge in [-0.1, -0.05) is 0 Å². The molecule has 1 aromatic rings. The van der Waals surface area contributed by atoms with Crippen molar-refractivity contribution in [2.24, 2.45) is 11.5 Å². The Kier molecular flexibility index (Phi) is 2.79. The molecule has 0 spiro atoms. The van der Waals surface area contributed by atoms with Crippen LogP contribution in [0.15, 0.2) is 12.1 Å². The van der Waals surface area contributed by atoms with E-state index in [4.69, 9.17) is 16.6 Å². The van der Waals surface area contributed by atoms with Gasteiger partial charge in [0.25, 0.3) is 0 Å². The molecule has 0 bridgehead atoms. The van der Waals surface area contributed by atoms with Crippen LogP contribution in [0.1, 0.15) is 11.6 Å². The molecular weight excluding hydrogens is 178 g/mol. The Morgan fingerprint density at radius 1 is 1.38 bits per heavy atom. The van der Waals surface area contributed by atoms with Gasteiger partial charge in [-0.25, -0.2) is 8.78 Å². The largest absolute Gasteiger partial charge is 0.507 e. The molecule has 0 amide bonds. The zero-order valence-electron chi connectivity index (χ0n) is 6.80. The van der Waals surface area contributed by atoms with Crippen molar-refractivity contribution < 1.29 is 13.9 Å². The molecule has 1 aromatic carbocycles. The number of rotatable bonds is 2. The Morgan fingerprint density at radius 3 is 2.46 bits per heavy atom. The molecule has 0 aliphatic rings. The molecule has 5 heteroatoms. The number of hydrogen-bond donors (Lipinski definition) is 3. The lowest BCUT2D eigenvalue weighted by Crippen LogP contribution is -2.22. The first kappa shape index (κ1) is 9.88. The van der Waals surface area contributed by atoms with Crippen LogP contribution in [0.25, 0.3) is 0 Å². The molecule has 72 valence electrons. The summed E-state index contributed by atoms with van der Waals surface area (Å²) in [5.74, 6) is -2.23. The minimum Gasteiger partial charge on any atom is -0.507 e. The predicted molar refractivity (Wildman–Crippen MR) is 44.0 cm³/mol. The summed E-state index contributed by atoms with van der Waals surface area (Å²) in [6.07, 6.45) is 0. The van der Waals surface area contributed by atoms with E-state index in [0.29, 0.717) is 6.07 Å². The van der Waals surface area contributed by atoms with Crippen molar-refractivity contribution in [1.29, 1.82) is 0 Å². The van der Waals surface area contributed by atoms with Gasteiger partial charge in [-0.2, -0.15) is 0 Å². The number of phenolic OH excluding ortho intramolecular Hbond substituents is 1. The zero-order chi connectivity index (χ0) is 10.0. The molecule has 0 saturated carbocycles. The lowest BCUT2D eigenvalue weighted by atomic mass is 10.1. The number of halogens is 2. The van der Waals surface area contributed by atoms with Gasteiger partial charge in [0.1, 0.15) is 17.4 Å². The molecule has 0 fully saturated rings. The van der Waals surface area contributed by atoms with E-state index in [0.717, 1.165) is 6.07 Å². The van der Waals surface area contributed by atoms with Gasteiger partial charge < -0.3 is 16.6 Å². The van der Waals surface area contributed by atoms with Crippen molar-refractivity contribution >= 4 is 0 Å². The molecular formula is C8H10F2N2O. The smallest absolute Gasteiger partial charge is 0.134 e. The molecule has 13 heavy (non-hydrogen) atoms. The summed E-state index contributed by atoms with van der Waals surface area (Å²) in [6, 6.07) is 0.638. The van der Waals surface area contributed by atoms with E-state index >= 15 is 0 Å². The number of hydrogen-bond acceptors (Lipinski definition) is 3. The third-order valence-electron chi connectivity index (χ3n) is 1.70. The van der Waals surface area contributed by atoms with Gasteiger partial charge in [-0.3, -0.25) is 0 Å². The second-order valence-electron chi connectivity index (χ2n) is 2.66. The molecule has 0 unspecified atom stereocenters. The molecule has 0 radical (unpaired) electrons. The Morgan fingerprint density at radius 2 is 2.00 bits per heavy atom. The zero-order valence-corrected chi connectivity index (χ0v) is 6.80. The van der Waals surface area contributed by atoms with Gasteiger partial charge in [-0.05, 0) is 0 Å². The number of nitrogens with two attached hydrogens (primary N) is 2. The average Bonchev–Trinajstić information content (AvgIpc) is 2.02. The fraction of sp³-hybridized carbons (Fsp3) is 0.250. The molecule has 1 atom stereocenters. The number of aromatic hydroxyl groups is 1. The van der Waals surface area contributed by atoms with Crippen molar-refractivity contribution in [3.05, 3.63) is 29.3 Å². The van der Waals surface area contributed by atoms with Crippen LogP contribution in [-0.2, 0) is 0 Å². The van der Waals surface area contributed by atoms with Crippen LogP contribution in [0.4, 0.5) is 8.78 Å². The SMILES string of the molecule is NC[C@H](N)c1c(O)cc(F)cc1F. The summed E-state index contributed by atoms with van der Waals surface area (Å²) in [6.45, 7) is -0.0177. The second-order valence-corrected chi connectivity index (χ2v) is 2.66. The number of phenols is 1. The van der Waals surface area contributed by atoms with Crippen molar-refractivity contribution in [3.8, 4) is 5.75 Å². The minimum absolute atomic E-state index is 0.0177. The summed E-state index contributed by atoms with van der Waals surface area (Å²) >= 11 is 0. The Labute approximate surface area is 74.0 Å². The fourth-order valence-corrected chi connectivity index (χ4v) is 1.06. The van der Waals surface area contributed by atoms with Gasteiger partial charge in [-0.15, -0.1) is 0 Å². The van der Waals surface area contributed by atoms with Crippen molar-refractivity contribution in [2.75, 3.05) is 6.54 Å². The van der Waals surface area contributed by atoms with Crippen LogP contribution in [0.3, 0.4) is 0 Å². The highest BCUT2D eigenvalue weighted by atomic mass is 19.1. The second kappa shape index (κ2) is 3.68. The normalized spacial score (nSPS) is 12.9. The maximum atomic E-state index is 13.0. The van der Waals surface area contributed by atoms with E-state index in [1.807, 2.05) is 0 Å². The van der Waals surface area contributed by atoms with Gasteiger partial charge >= 0.3 is 0 Å². The van der Waals surface area contributed by atoms with Crippen LogP contribution in [0.5, 0.6) is 5.75 Å². The molecule has 1 rings (SSSR count). The van der Waals surface area contributed by atoms with Crippen molar-refractivity contribution in [2.45, 2.75) is 6.04 Å². The topological polar surface area (TPSA) is 72.3 Å². The highest BCUT2D eigenvalue weighted by Gasteiger charge is 2.16. The number of benzene rings is 1. The van der Waals surface area contributed by atoms with Gasteiger partial charge in [0.15, 0.2) is 0 Å². The van der Waals surface area contributed by atoms with Crippen LogP contribution < -0.4 is 11.5 Å². The first-order valence-electron chi connectivity index (χ1n) is 3.69. The third kappa shape index (κ3) is 1.93. The lowest BCUT2D eigenvalue weighted by Gasteiger charge is -2.11. The van der Waals surface area contributed by atoms with Gasteiger partial charge in [0.2, 0.25) is 0 Å². The molecule has 0 heterocycles. The van der Waals surface area contributed by atoms with Crippen LogP contribution in [0, 0.1) is 11.6 Å². The molecule has 3 nitrogen and oxygen atoms in total. The summed E-state index contributed by atoms with van der Waals surface area (Å²) in [4.78, 5) is 0. The van der Waals surface area contributed by atoms with E-state index in [2.05, 4.69) is 0 Å². The highest BCUT2D eigenvalue weighted by molar-refractivity contribution is 5.36. The standard InChI is InChI=1S/C8H10F2N2O/c9-4-1-5(10)8(6(12)3-11)7(13)2-4/h1-2,6,13H,3,11-12H2/t6-/m0/s1. The van der Waals surface area contributed by atoms with E-state index in [1.165, 1.54) is 0 Å². The van der Waals surface area contributed by atoms with Crippen LogP contribution >= 0.6 is 0 Å². The molecule has 0 aliphatic heterocycles.